The smallest absolute Gasteiger partial charge is 0.299 e. The van der Waals surface area contributed by atoms with Gasteiger partial charge in [-0.2, -0.15) is 0 Å². The zero-order chi connectivity index (χ0) is 13.2. The van der Waals surface area contributed by atoms with E-state index < -0.39 is 0 Å². The van der Waals surface area contributed by atoms with Crippen molar-refractivity contribution in [1.82, 2.24) is 15.5 Å². The molecule has 1 aliphatic rings. The average molecular weight is 275 g/mol. The molecule has 0 unspecified atom stereocenters. The zero-order valence-corrected chi connectivity index (χ0v) is 12.0. The summed E-state index contributed by atoms with van der Waals surface area (Å²) < 4.78 is 5.81. The molecule has 0 radical (unpaired) electrons. The highest BCUT2D eigenvalue weighted by Gasteiger charge is 2.20. The van der Waals surface area contributed by atoms with Crippen LogP contribution in [-0.4, -0.2) is 16.2 Å². The average Bonchev–Trinajstić information content (AvgIpc) is 3.12. The first-order valence-electron chi connectivity index (χ1n) is 6.51. The Morgan fingerprint density at radius 1 is 1.32 bits per heavy atom. The summed E-state index contributed by atoms with van der Waals surface area (Å²) in [4.78, 5) is 0. The van der Waals surface area contributed by atoms with E-state index in [0.29, 0.717) is 11.2 Å². The van der Waals surface area contributed by atoms with Gasteiger partial charge in [-0.1, -0.05) is 28.6 Å². The Morgan fingerprint density at radius 3 is 2.95 bits per heavy atom. The Bertz CT molecular complexity index is 578. The summed E-state index contributed by atoms with van der Waals surface area (Å²) in [6.07, 6.45) is 2.56. The third kappa shape index (κ3) is 3.30. The molecule has 0 aliphatic heterocycles. The maximum atomic E-state index is 5.81. The van der Waals surface area contributed by atoms with Gasteiger partial charge in [0.05, 0.1) is 6.54 Å². The van der Waals surface area contributed by atoms with Crippen molar-refractivity contribution >= 4 is 11.3 Å². The molecule has 0 amide bonds. The standard InChI is InChI=1S/C14H17N3OS/c1-9-3-4-10(2)12(7-9)18-14-17-16-13(19-14)8-15-11-5-6-11/h3-4,7,11,15H,5-6,8H2,1-2H3. The quantitative estimate of drug-likeness (QED) is 0.910. The molecule has 0 atom stereocenters. The zero-order valence-electron chi connectivity index (χ0n) is 11.1. The maximum absolute atomic E-state index is 5.81. The lowest BCUT2D eigenvalue weighted by molar-refractivity contribution is 0.469. The van der Waals surface area contributed by atoms with E-state index in [9.17, 15) is 0 Å². The second-order valence-electron chi connectivity index (χ2n) is 4.99. The van der Waals surface area contributed by atoms with Gasteiger partial charge in [0.2, 0.25) is 0 Å². The van der Waals surface area contributed by atoms with Crippen LogP contribution in [0.15, 0.2) is 18.2 Å². The molecule has 4 nitrogen and oxygen atoms in total. The minimum atomic E-state index is 0.612. The first-order chi connectivity index (χ1) is 9.20. The highest BCUT2D eigenvalue weighted by atomic mass is 32.1. The second-order valence-corrected chi connectivity index (χ2v) is 6.01. The summed E-state index contributed by atoms with van der Waals surface area (Å²) in [5, 5.41) is 13.2. The lowest BCUT2D eigenvalue weighted by Gasteiger charge is -2.05. The summed E-state index contributed by atoms with van der Waals surface area (Å²) in [5.74, 6) is 0.859. The number of nitrogens with one attached hydrogen (secondary N) is 1. The molecule has 1 aliphatic carbocycles. The van der Waals surface area contributed by atoms with Crippen LogP contribution in [0.3, 0.4) is 0 Å². The Kier molecular flexibility index (Phi) is 3.48. The molecule has 1 heterocycles. The van der Waals surface area contributed by atoms with Crippen LogP contribution in [0.2, 0.25) is 0 Å². The summed E-state index contributed by atoms with van der Waals surface area (Å²) in [7, 11) is 0. The van der Waals surface area contributed by atoms with Crippen molar-refractivity contribution in [1.29, 1.82) is 0 Å². The largest absolute Gasteiger partial charge is 0.430 e. The van der Waals surface area contributed by atoms with Crippen molar-refractivity contribution in [3.63, 3.8) is 0 Å². The number of aryl methyl sites for hydroxylation is 2. The molecule has 3 rings (SSSR count). The second kappa shape index (κ2) is 5.27. The summed E-state index contributed by atoms with van der Waals surface area (Å²) in [5.41, 5.74) is 2.29. The van der Waals surface area contributed by atoms with Crippen LogP contribution in [0.4, 0.5) is 0 Å². The number of hydrogen-bond acceptors (Lipinski definition) is 5. The van der Waals surface area contributed by atoms with E-state index in [4.69, 9.17) is 4.74 Å². The summed E-state index contributed by atoms with van der Waals surface area (Å²) >= 11 is 1.51. The van der Waals surface area contributed by atoms with Crippen molar-refractivity contribution < 1.29 is 4.74 Å². The Hall–Kier alpha value is -1.46. The van der Waals surface area contributed by atoms with Crippen molar-refractivity contribution in [3.8, 4) is 10.9 Å². The first-order valence-corrected chi connectivity index (χ1v) is 7.33. The number of ether oxygens (including phenoxy) is 1. The highest BCUT2D eigenvalue weighted by molar-refractivity contribution is 7.13. The van der Waals surface area contributed by atoms with Gasteiger partial charge >= 0.3 is 0 Å². The van der Waals surface area contributed by atoms with Gasteiger partial charge in [0.1, 0.15) is 10.8 Å². The van der Waals surface area contributed by atoms with Gasteiger partial charge < -0.3 is 10.1 Å². The van der Waals surface area contributed by atoms with Crippen molar-refractivity contribution in [2.24, 2.45) is 0 Å². The summed E-state index contributed by atoms with van der Waals surface area (Å²) in [6, 6.07) is 6.85. The van der Waals surface area contributed by atoms with E-state index in [-0.39, 0.29) is 0 Å². The van der Waals surface area contributed by atoms with Gasteiger partial charge in [-0.15, -0.1) is 5.10 Å². The van der Waals surface area contributed by atoms with Gasteiger partial charge in [-0.05, 0) is 43.9 Å². The minimum Gasteiger partial charge on any atom is -0.430 e. The van der Waals surface area contributed by atoms with E-state index >= 15 is 0 Å². The summed E-state index contributed by atoms with van der Waals surface area (Å²) in [6.45, 7) is 4.88. The Labute approximate surface area is 116 Å². The normalized spacial score (nSPS) is 14.6. The molecule has 0 bridgehead atoms. The molecule has 5 heteroatoms. The van der Waals surface area contributed by atoms with Gasteiger partial charge in [-0.3, -0.25) is 0 Å². The predicted octanol–water partition coefficient (Wildman–Crippen LogP) is 3.20. The van der Waals surface area contributed by atoms with Gasteiger partial charge in [0.15, 0.2) is 0 Å². The highest BCUT2D eigenvalue weighted by Crippen LogP contribution is 2.28. The topological polar surface area (TPSA) is 47.0 Å². The molecule has 1 saturated carbocycles. The number of rotatable bonds is 5. The van der Waals surface area contributed by atoms with E-state index in [1.807, 2.05) is 13.0 Å². The maximum Gasteiger partial charge on any atom is 0.299 e. The Morgan fingerprint density at radius 2 is 2.16 bits per heavy atom. The molecule has 1 aromatic carbocycles. The molecule has 19 heavy (non-hydrogen) atoms. The van der Waals surface area contributed by atoms with Crippen LogP contribution >= 0.6 is 11.3 Å². The van der Waals surface area contributed by atoms with Crippen LogP contribution < -0.4 is 10.1 Å². The molecule has 100 valence electrons. The predicted molar refractivity (Wildman–Crippen MR) is 75.8 cm³/mol. The first kappa shape index (κ1) is 12.6. The van der Waals surface area contributed by atoms with Crippen LogP contribution in [-0.2, 0) is 6.54 Å². The van der Waals surface area contributed by atoms with Crippen molar-refractivity contribution in [2.45, 2.75) is 39.3 Å². The fourth-order valence-electron chi connectivity index (χ4n) is 1.78. The molecule has 1 aromatic heterocycles. The molecule has 1 fully saturated rings. The van der Waals surface area contributed by atoms with Crippen LogP contribution in [0.5, 0.6) is 10.9 Å². The molecule has 0 saturated heterocycles. The number of hydrogen-bond donors (Lipinski definition) is 1. The molecular formula is C14H17N3OS. The number of nitrogens with zero attached hydrogens (tertiary/aromatic N) is 2. The molecule has 2 aromatic rings. The number of benzene rings is 1. The van der Waals surface area contributed by atoms with Gasteiger partial charge in [-0.25, -0.2) is 0 Å². The van der Waals surface area contributed by atoms with E-state index in [1.165, 1.54) is 29.7 Å². The van der Waals surface area contributed by atoms with Crippen molar-refractivity contribution in [2.75, 3.05) is 0 Å². The van der Waals surface area contributed by atoms with E-state index in [0.717, 1.165) is 22.9 Å². The van der Waals surface area contributed by atoms with Crippen molar-refractivity contribution in [3.05, 3.63) is 34.3 Å². The Balaban J connectivity index is 1.66. The van der Waals surface area contributed by atoms with Crippen LogP contribution in [0.1, 0.15) is 29.0 Å². The molecule has 0 spiro atoms. The minimum absolute atomic E-state index is 0.612. The SMILES string of the molecule is Cc1ccc(C)c(Oc2nnc(CNC3CC3)s2)c1. The lowest BCUT2D eigenvalue weighted by atomic mass is 10.1. The fourth-order valence-corrected chi connectivity index (χ4v) is 2.43. The molecule has 1 N–H and O–H groups in total. The lowest BCUT2D eigenvalue weighted by Crippen LogP contribution is -2.14. The fraction of sp³-hybridized carbons (Fsp3) is 0.429. The number of aromatic nitrogens is 2. The van der Waals surface area contributed by atoms with Gasteiger partial charge in [0, 0.05) is 6.04 Å². The van der Waals surface area contributed by atoms with E-state index in [2.05, 4.69) is 34.6 Å². The monoisotopic (exact) mass is 275 g/mol. The third-order valence-corrected chi connectivity index (χ3v) is 3.91. The van der Waals surface area contributed by atoms with Gasteiger partial charge in [0.25, 0.3) is 5.19 Å². The van der Waals surface area contributed by atoms with E-state index in [1.54, 1.807) is 0 Å². The third-order valence-electron chi connectivity index (χ3n) is 3.11. The molecular weight excluding hydrogens is 258 g/mol. The van der Waals surface area contributed by atoms with Crippen LogP contribution in [0, 0.1) is 13.8 Å². The van der Waals surface area contributed by atoms with Crippen LogP contribution in [0.25, 0.3) is 0 Å².